The molecule has 1 aliphatic heterocycles. The van der Waals surface area contributed by atoms with Gasteiger partial charge in [-0.1, -0.05) is 91.9 Å². The van der Waals surface area contributed by atoms with E-state index in [-0.39, 0.29) is 36.2 Å². The van der Waals surface area contributed by atoms with Crippen molar-refractivity contribution in [2.45, 2.75) is 43.5 Å². The molecular weight excluding hydrogens is 623 g/mol. The van der Waals surface area contributed by atoms with Crippen LogP contribution in [0.5, 0.6) is 0 Å². The highest BCUT2D eigenvalue weighted by Crippen LogP contribution is 2.43. The number of carboxylic acids is 1. The second-order valence-electron chi connectivity index (χ2n) is 11.8. The number of carbonyl (C=O) groups excluding carboxylic acids is 1. The van der Waals surface area contributed by atoms with E-state index in [0.29, 0.717) is 17.9 Å². The lowest BCUT2D eigenvalue weighted by atomic mass is 9.91. The van der Waals surface area contributed by atoms with Gasteiger partial charge in [0.1, 0.15) is 0 Å². The number of carboxylic acid groups (broad SMARTS) is 1. The molecule has 1 saturated heterocycles. The predicted molar refractivity (Wildman–Crippen MR) is 187 cm³/mol. The van der Waals surface area contributed by atoms with Crippen molar-refractivity contribution in [3.05, 3.63) is 161 Å². The van der Waals surface area contributed by atoms with Gasteiger partial charge in [-0.15, -0.1) is 11.8 Å². The van der Waals surface area contributed by atoms with Crippen LogP contribution in [-0.2, 0) is 22.6 Å². The van der Waals surface area contributed by atoms with Crippen molar-refractivity contribution in [1.29, 1.82) is 0 Å². The molecule has 0 aliphatic carbocycles. The monoisotopic (exact) mass is 659 g/mol. The van der Waals surface area contributed by atoms with Gasteiger partial charge in [-0.2, -0.15) is 0 Å². The molecular formula is C40H37NO6S. The Hall–Kier alpha value is -4.73. The van der Waals surface area contributed by atoms with Crippen LogP contribution in [0.2, 0.25) is 0 Å². The second kappa shape index (κ2) is 15.4. The van der Waals surface area contributed by atoms with Crippen molar-refractivity contribution in [3.63, 3.8) is 0 Å². The van der Waals surface area contributed by atoms with Gasteiger partial charge in [0.2, 0.25) is 0 Å². The molecule has 48 heavy (non-hydrogen) atoms. The quantitative estimate of drug-likeness (QED) is 0.123. The molecule has 1 fully saturated rings. The van der Waals surface area contributed by atoms with E-state index in [0.717, 1.165) is 38.3 Å². The van der Waals surface area contributed by atoms with Crippen LogP contribution in [0.3, 0.4) is 0 Å². The summed E-state index contributed by atoms with van der Waals surface area (Å²) in [4.78, 5) is 24.8. The molecule has 8 heteroatoms. The van der Waals surface area contributed by atoms with E-state index in [1.165, 1.54) is 0 Å². The van der Waals surface area contributed by atoms with Gasteiger partial charge in [0.15, 0.2) is 6.29 Å². The lowest BCUT2D eigenvalue weighted by Gasteiger charge is -2.41. The van der Waals surface area contributed by atoms with Gasteiger partial charge in [0.05, 0.1) is 24.4 Å². The molecule has 244 valence electrons. The van der Waals surface area contributed by atoms with Crippen LogP contribution in [0, 0.1) is 5.92 Å². The van der Waals surface area contributed by atoms with E-state index in [1.807, 2.05) is 78.9 Å². The summed E-state index contributed by atoms with van der Waals surface area (Å²) in [6, 6.07) is 40.2. The molecule has 1 amide bonds. The number of thioether (sulfide) groups is 1. The number of rotatable bonds is 11. The molecule has 3 N–H and O–H groups in total. The molecule has 5 aromatic carbocycles. The highest BCUT2D eigenvalue weighted by Gasteiger charge is 2.38. The van der Waals surface area contributed by atoms with Crippen LogP contribution in [0.4, 0.5) is 0 Å². The number of aliphatic hydroxyl groups excluding tert-OH is 1. The highest BCUT2D eigenvalue weighted by atomic mass is 32.2. The zero-order valence-corrected chi connectivity index (χ0v) is 27.3. The summed E-state index contributed by atoms with van der Waals surface area (Å²) in [6.45, 7) is 2.52. The minimum absolute atomic E-state index is 0.0232. The summed E-state index contributed by atoms with van der Waals surface area (Å²) >= 11 is 1.62. The molecule has 0 unspecified atom stereocenters. The van der Waals surface area contributed by atoms with Crippen molar-refractivity contribution in [1.82, 2.24) is 5.32 Å². The molecule has 4 atom stereocenters. The van der Waals surface area contributed by atoms with Crippen LogP contribution in [0.15, 0.2) is 132 Å². The number of aliphatic hydroxyl groups is 1. The number of nitrogens with one attached hydrogen (secondary N) is 1. The lowest BCUT2D eigenvalue weighted by molar-refractivity contribution is -0.268. The zero-order chi connectivity index (χ0) is 33.5. The summed E-state index contributed by atoms with van der Waals surface area (Å²) in [7, 11) is 0. The fourth-order valence-electron chi connectivity index (χ4n) is 5.75. The molecule has 5 aromatic rings. The van der Waals surface area contributed by atoms with Gasteiger partial charge in [-0.05, 0) is 70.3 Å². The van der Waals surface area contributed by atoms with E-state index in [4.69, 9.17) is 9.47 Å². The van der Waals surface area contributed by atoms with Gasteiger partial charge in [-0.25, -0.2) is 4.79 Å². The van der Waals surface area contributed by atoms with Crippen LogP contribution in [0.1, 0.15) is 62.3 Å². The van der Waals surface area contributed by atoms with E-state index < -0.39 is 12.3 Å². The molecule has 0 radical (unpaired) electrons. The summed E-state index contributed by atoms with van der Waals surface area (Å²) in [5.41, 5.74) is 6.71. The predicted octanol–water partition coefficient (Wildman–Crippen LogP) is 8.06. The average Bonchev–Trinajstić information content (AvgIpc) is 3.14. The molecule has 0 bridgehead atoms. The summed E-state index contributed by atoms with van der Waals surface area (Å²) in [5.74, 6) is -0.374. The van der Waals surface area contributed by atoms with E-state index in [1.54, 1.807) is 36.0 Å². The van der Waals surface area contributed by atoms with Gasteiger partial charge in [0, 0.05) is 34.2 Å². The Morgan fingerprint density at radius 2 is 1.44 bits per heavy atom. The Balaban J connectivity index is 1.18. The summed E-state index contributed by atoms with van der Waals surface area (Å²) in [6.07, 6.45) is -0.992. The smallest absolute Gasteiger partial charge is 0.335 e. The van der Waals surface area contributed by atoms with E-state index >= 15 is 0 Å². The van der Waals surface area contributed by atoms with E-state index in [2.05, 4.69) is 36.5 Å². The summed E-state index contributed by atoms with van der Waals surface area (Å²) < 4.78 is 13.2. The third kappa shape index (κ3) is 8.03. The maximum atomic E-state index is 12.5. The first-order valence-corrected chi connectivity index (χ1v) is 16.9. The second-order valence-corrected chi connectivity index (χ2v) is 12.9. The van der Waals surface area contributed by atoms with Crippen LogP contribution in [-0.4, -0.2) is 33.9 Å². The molecule has 0 aromatic heterocycles. The minimum atomic E-state index is -0.947. The first-order chi connectivity index (χ1) is 23.4. The van der Waals surface area contributed by atoms with Crippen LogP contribution in [0.25, 0.3) is 11.1 Å². The maximum Gasteiger partial charge on any atom is 0.335 e. The Morgan fingerprint density at radius 3 is 2.12 bits per heavy atom. The SMILES string of the molecule is C[C@@H]1[C@H](CSc2ccc(C(=O)O)cc2)O[C@H](c2ccc(-c3cccc(CNC(=O)c4ccccc4)c3)cc2)O[C@@H]1c1ccc(CO)cc1. The van der Waals surface area contributed by atoms with Crippen molar-refractivity contribution >= 4 is 23.6 Å². The van der Waals surface area contributed by atoms with Gasteiger partial charge in [0.25, 0.3) is 5.91 Å². The third-order valence-electron chi connectivity index (χ3n) is 8.57. The van der Waals surface area contributed by atoms with Gasteiger partial charge in [-0.3, -0.25) is 4.79 Å². The van der Waals surface area contributed by atoms with Crippen LogP contribution >= 0.6 is 11.8 Å². The number of amides is 1. The van der Waals surface area contributed by atoms with Crippen LogP contribution < -0.4 is 5.32 Å². The topological polar surface area (TPSA) is 105 Å². The fourth-order valence-corrected chi connectivity index (χ4v) is 6.82. The lowest BCUT2D eigenvalue weighted by Crippen LogP contribution is -2.38. The number of carbonyl (C=O) groups is 2. The first-order valence-electron chi connectivity index (χ1n) is 15.9. The molecule has 1 heterocycles. The number of ether oxygens (including phenoxy) is 2. The molecule has 6 rings (SSSR count). The molecule has 7 nitrogen and oxygen atoms in total. The first kappa shape index (κ1) is 33.2. The number of aromatic carboxylic acids is 1. The highest BCUT2D eigenvalue weighted by molar-refractivity contribution is 7.99. The van der Waals surface area contributed by atoms with Crippen molar-refractivity contribution in [2.75, 3.05) is 5.75 Å². The summed E-state index contributed by atoms with van der Waals surface area (Å²) in [5, 5.41) is 21.8. The third-order valence-corrected chi connectivity index (χ3v) is 9.67. The number of hydrogen-bond acceptors (Lipinski definition) is 6. The maximum absolute atomic E-state index is 12.5. The molecule has 0 spiro atoms. The normalized spacial score (nSPS) is 19.0. The van der Waals surface area contributed by atoms with Gasteiger partial charge >= 0.3 is 5.97 Å². The van der Waals surface area contributed by atoms with Crippen molar-refractivity contribution < 1.29 is 29.3 Å². The standard InChI is InChI=1S/C40H37NO6S/c1-26-36(25-48-35-20-18-32(19-21-35)39(44)45)46-40(47-37(26)30-12-10-27(24-42)11-13-30)33-16-14-29(15-17-33)34-9-5-6-28(22-34)23-41-38(43)31-7-3-2-4-8-31/h2-22,26,36-37,40,42H,23-25H2,1H3,(H,41,43)(H,44,45)/t26-,36+,37+,40+/m1/s1. The Labute approximate surface area is 284 Å². The van der Waals surface area contributed by atoms with Gasteiger partial charge < -0.3 is 25.0 Å². The Bertz CT molecular complexity index is 1830. The number of hydrogen-bond donors (Lipinski definition) is 3. The fraction of sp³-hybridized carbons (Fsp3) is 0.200. The van der Waals surface area contributed by atoms with Crippen molar-refractivity contribution in [2.24, 2.45) is 5.92 Å². The Kier molecular flexibility index (Phi) is 10.7. The molecule has 1 aliphatic rings. The minimum Gasteiger partial charge on any atom is -0.478 e. The van der Waals surface area contributed by atoms with Crippen molar-refractivity contribution in [3.8, 4) is 11.1 Å². The Morgan fingerprint density at radius 1 is 0.729 bits per heavy atom. The molecule has 0 saturated carbocycles. The van der Waals surface area contributed by atoms with E-state index in [9.17, 15) is 19.8 Å². The largest absolute Gasteiger partial charge is 0.478 e. The zero-order valence-electron chi connectivity index (χ0n) is 26.5. The average molecular weight is 660 g/mol. The number of benzene rings is 5.